The molecule has 2 saturated heterocycles. The monoisotopic (exact) mass is 305 g/mol. The lowest BCUT2D eigenvalue weighted by Gasteiger charge is -2.29. The number of non-ortho nitro benzene ring substituents is 1. The number of hydrogen-bond donors (Lipinski definition) is 1. The molecule has 22 heavy (non-hydrogen) atoms. The van der Waals surface area contributed by atoms with Crippen molar-refractivity contribution in [3.05, 3.63) is 39.9 Å². The van der Waals surface area contributed by atoms with Gasteiger partial charge in [0.15, 0.2) is 0 Å². The molecule has 1 aromatic rings. The molecule has 0 aromatic heterocycles. The summed E-state index contributed by atoms with van der Waals surface area (Å²) in [5.74, 6) is -0.0143. The average Bonchev–Trinajstić information content (AvgIpc) is 3.08. The van der Waals surface area contributed by atoms with Gasteiger partial charge in [-0.25, -0.2) is 0 Å². The summed E-state index contributed by atoms with van der Waals surface area (Å²) in [7, 11) is 0. The van der Waals surface area contributed by atoms with Crippen molar-refractivity contribution < 1.29 is 14.5 Å². The number of nitro benzene ring substituents is 1. The van der Waals surface area contributed by atoms with Gasteiger partial charge in [0.1, 0.15) is 0 Å². The third kappa shape index (κ3) is 2.82. The fraction of sp³-hybridized carbons (Fsp3) is 0.533. The molecule has 2 aliphatic rings. The van der Waals surface area contributed by atoms with Crippen molar-refractivity contribution in [2.75, 3.05) is 13.2 Å². The van der Waals surface area contributed by atoms with Crippen LogP contribution >= 0.6 is 0 Å². The minimum atomic E-state index is -0.434. The number of carbonyl (C=O) groups is 1. The van der Waals surface area contributed by atoms with Gasteiger partial charge in [0, 0.05) is 37.7 Å². The topological polar surface area (TPSA) is 98.7 Å². The fourth-order valence-corrected chi connectivity index (χ4v) is 3.29. The molecule has 2 heterocycles. The quantitative estimate of drug-likeness (QED) is 0.669. The Balaban J connectivity index is 1.86. The van der Waals surface area contributed by atoms with Crippen molar-refractivity contribution in [1.82, 2.24) is 4.90 Å². The zero-order valence-electron chi connectivity index (χ0n) is 12.2. The number of rotatable bonds is 4. The van der Waals surface area contributed by atoms with Crippen molar-refractivity contribution in [2.45, 2.75) is 37.5 Å². The van der Waals surface area contributed by atoms with Crippen molar-refractivity contribution >= 4 is 11.6 Å². The van der Waals surface area contributed by atoms with Crippen molar-refractivity contribution in [2.24, 2.45) is 5.73 Å². The Hall–Kier alpha value is -1.99. The molecule has 2 fully saturated rings. The normalized spacial score (nSPS) is 28.3. The van der Waals surface area contributed by atoms with Crippen molar-refractivity contribution in [3.63, 3.8) is 0 Å². The van der Waals surface area contributed by atoms with Gasteiger partial charge in [0.05, 0.1) is 17.1 Å². The van der Waals surface area contributed by atoms with Gasteiger partial charge in [-0.3, -0.25) is 14.9 Å². The van der Waals surface area contributed by atoms with Crippen LogP contribution in [0.2, 0.25) is 0 Å². The lowest BCUT2D eigenvalue weighted by molar-refractivity contribution is -0.384. The molecule has 0 radical (unpaired) electrons. The number of amides is 1. The summed E-state index contributed by atoms with van der Waals surface area (Å²) >= 11 is 0. The summed E-state index contributed by atoms with van der Waals surface area (Å²) in [5, 5.41) is 10.9. The van der Waals surface area contributed by atoms with Crippen LogP contribution < -0.4 is 5.73 Å². The third-order valence-corrected chi connectivity index (χ3v) is 4.32. The number of hydrogen-bond acceptors (Lipinski definition) is 5. The van der Waals surface area contributed by atoms with E-state index >= 15 is 0 Å². The SMILES string of the molecule is NC1CC(=O)N(CC2CCCO2)C1c1cccc([N+](=O)[O-])c1. The number of nitrogens with two attached hydrogens (primary N) is 1. The van der Waals surface area contributed by atoms with Crippen LogP contribution in [0.3, 0.4) is 0 Å². The number of nitro groups is 1. The Morgan fingerprint density at radius 1 is 1.45 bits per heavy atom. The predicted octanol–water partition coefficient (Wildman–Crippen LogP) is 1.37. The summed E-state index contributed by atoms with van der Waals surface area (Å²) < 4.78 is 5.60. The molecule has 7 nitrogen and oxygen atoms in total. The summed E-state index contributed by atoms with van der Waals surface area (Å²) in [6.07, 6.45) is 2.23. The second kappa shape index (κ2) is 6.02. The minimum absolute atomic E-state index is 0.0143. The molecule has 1 amide bonds. The van der Waals surface area contributed by atoms with Gasteiger partial charge < -0.3 is 15.4 Å². The number of benzene rings is 1. The lowest BCUT2D eigenvalue weighted by Crippen LogP contribution is -2.38. The maximum atomic E-state index is 12.2. The van der Waals surface area contributed by atoms with Gasteiger partial charge >= 0.3 is 0 Å². The molecular weight excluding hydrogens is 286 g/mol. The number of ether oxygens (including phenoxy) is 1. The van der Waals surface area contributed by atoms with Crippen LogP contribution in [0.25, 0.3) is 0 Å². The molecule has 118 valence electrons. The van der Waals surface area contributed by atoms with Gasteiger partial charge in [-0.1, -0.05) is 12.1 Å². The van der Waals surface area contributed by atoms with Crippen LogP contribution in [-0.4, -0.2) is 41.0 Å². The average molecular weight is 305 g/mol. The van der Waals surface area contributed by atoms with Crippen LogP contribution in [0.5, 0.6) is 0 Å². The fourth-order valence-electron chi connectivity index (χ4n) is 3.29. The van der Waals surface area contributed by atoms with Gasteiger partial charge in [0.2, 0.25) is 5.91 Å². The van der Waals surface area contributed by atoms with Crippen LogP contribution in [-0.2, 0) is 9.53 Å². The molecule has 3 unspecified atom stereocenters. The first-order chi connectivity index (χ1) is 10.6. The lowest BCUT2D eigenvalue weighted by atomic mass is 10.00. The van der Waals surface area contributed by atoms with Gasteiger partial charge in [-0.05, 0) is 18.4 Å². The summed E-state index contributed by atoms with van der Waals surface area (Å²) in [6, 6.07) is 5.70. The van der Waals surface area contributed by atoms with Crippen LogP contribution in [0.4, 0.5) is 5.69 Å². The Morgan fingerprint density at radius 3 is 2.95 bits per heavy atom. The van der Waals surface area contributed by atoms with Crippen LogP contribution in [0.15, 0.2) is 24.3 Å². The summed E-state index contributed by atoms with van der Waals surface area (Å²) in [4.78, 5) is 24.5. The van der Waals surface area contributed by atoms with E-state index in [9.17, 15) is 14.9 Å². The van der Waals surface area contributed by atoms with Crippen molar-refractivity contribution in [3.8, 4) is 0 Å². The van der Waals surface area contributed by atoms with E-state index in [-0.39, 0.29) is 36.2 Å². The van der Waals surface area contributed by atoms with Crippen LogP contribution in [0, 0.1) is 10.1 Å². The first-order valence-corrected chi connectivity index (χ1v) is 7.47. The molecule has 2 aliphatic heterocycles. The third-order valence-electron chi connectivity index (χ3n) is 4.32. The molecule has 0 bridgehead atoms. The van der Waals surface area contributed by atoms with E-state index in [2.05, 4.69) is 0 Å². The van der Waals surface area contributed by atoms with E-state index in [1.165, 1.54) is 12.1 Å². The Morgan fingerprint density at radius 2 is 2.27 bits per heavy atom. The molecule has 0 spiro atoms. The summed E-state index contributed by atoms with van der Waals surface area (Å²) in [5.41, 5.74) is 6.85. The highest BCUT2D eigenvalue weighted by Gasteiger charge is 2.40. The zero-order chi connectivity index (χ0) is 15.7. The van der Waals surface area contributed by atoms with E-state index in [0.29, 0.717) is 12.1 Å². The predicted molar refractivity (Wildman–Crippen MR) is 79.1 cm³/mol. The van der Waals surface area contributed by atoms with E-state index in [4.69, 9.17) is 10.5 Å². The molecular formula is C15H19N3O4. The number of likely N-dealkylation sites (tertiary alicyclic amines) is 1. The highest BCUT2D eigenvalue weighted by molar-refractivity contribution is 5.80. The molecule has 1 aromatic carbocycles. The van der Waals surface area contributed by atoms with E-state index in [1.807, 2.05) is 0 Å². The first kappa shape index (κ1) is 14.9. The highest BCUT2D eigenvalue weighted by Crippen LogP contribution is 2.34. The molecule has 3 rings (SSSR count). The van der Waals surface area contributed by atoms with Gasteiger partial charge in [0.25, 0.3) is 5.69 Å². The largest absolute Gasteiger partial charge is 0.376 e. The molecule has 3 atom stereocenters. The Kier molecular flexibility index (Phi) is 4.08. The van der Waals surface area contributed by atoms with Gasteiger partial charge in [-0.2, -0.15) is 0 Å². The summed E-state index contributed by atoms with van der Waals surface area (Å²) in [6.45, 7) is 1.22. The molecule has 0 saturated carbocycles. The molecule has 7 heteroatoms. The second-order valence-electron chi connectivity index (χ2n) is 5.85. The standard InChI is InChI=1S/C15H19N3O4/c16-13-8-14(19)17(9-12-5-2-6-22-12)15(13)10-3-1-4-11(7-10)18(20)21/h1,3-4,7,12-13,15H,2,5-6,8-9,16H2. The first-order valence-electron chi connectivity index (χ1n) is 7.47. The minimum Gasteiger partial charge on any atom is -0.376 e. The van der Waals surface area contributed by atoms with Crippen LogP contribution in [0.1, 0.15) is 30.9 Å². The van der Waals surface area contributed by atoms with Gasteiger partial charge in [-0.15, -0.1) is 0 Å². The number of carbonyl (C=O) groups excluding carboxylic acids is 1. The van der Waals surface area contributed by atoms with Crippen molar-refractivity contribution in [1.29, 1.82) is 0 Å². The maximum absolute atomic E-state index is 12.2. The number of nitrogens with zero attached hydrogens (tertiary/aromatic N) is 2. The van der Waals surface area contributed by atoms with E-state index in [0.717, 1.165) is 19.4 Å². The van der Waals surface area contributed by atoms with E-state index in [1.54, 1.807) is 17.0 Å². The molecule has 0 aliphatic carbocycles. The molecule has 2 N–H and O–H groups in total. The second-order valence-corrected chi connectivity index (χ2v) is 5.85. The maximum Gasteiger partial charge on any atom is 0.269 e. The highest BCUT2D eigenvalue weighted by atomic mass is 16.6. The zero-order valence-corrected chi connectivity index (χ0v) is 12.2. The smallest absolute Gasteiger partial charge is 0.269 e. The Labute approximate surface area is 128 Å². The van der Waals surface area contributed by atoms with E-state index < -0.39 is 4.92 Å². The Bertz CT molecular complexity index is 586.